The molecule has 34 heavy (non-hydrogen) atoms. The van der Waals surface area contributed by atoms with Crippen molar-refractivity contribution in [3.8, 4) is 11.1 Å². The molecular weight excluding hydrogens is 472 g/mol. The number of hydrogen-bond donors (Lipinski definition) is 1. The van der Waals surface area contributed by atoms with Crippen molar-refractivity contribution in [1.82, 2.24) is 14.3 Å². The molecule has 0 aliphatic carbocycles. The third-order valence-corrected chi connectivity index (χ3v) is 6.60. The molecule has 2 N–H and O–H groups in total. The highest BCUT2D eigenvalue weighted by Gasteiger charge is 2.32. The van der Waals surface area contributed by atoms with Crippen molar-refractivity contribution in [2.24, 2.45) is 5.73 Å². The Kier molecular flexibility index (Phi) is 8.59. The van der Waals surface area contributed by atoms with E-state index in [4.69, 9.17) is 5.73 Å². The first-order chi connectivity index (χ1) is 16.2. The van der Waals surface area contributed by atoms with Gasteiger partial charge in [0.2, 0.25) is 0 Å². The van der Waals surface area contributed by atoms with Gasteiger partial charge in [-0.25, -0.2) is 12.9 Å². The zero-order valence-corrected chi connectivity index (χ0v) is 18.7. The molecule has 2 atom stereocenters. The second kappa shape index (κ2) is 11.4. The first-order valence-corrected chi connectivity index (χ1v) is 11.4. The van der Waals surface area contributed by atoms with Gasteiger partial charge >= 0.3 is 6.18 Å². The Bertz CT molecular complexity index is 1130. The molecule has 1 fully saturated rings. The van der Waals surface area contributed by atoms with Crippen molar-refractivity contribution in [3.05, 3.63) is 78.1 Å². The van der Waals surface area contributed by atoms with E-state index in [1.807, 2.05) is 0 Å². The van der Waals surface area contributed by atoms with Gasteiger partial charge < -0.3 is 10.5 Å². The van der Waals surface area contributed by atoms with E-state index in [0.717, 1.165) is 30.8 Å². The maximum atomic E-state index is 12.7. The lowest BCUT2D eigenvalue weighted by Gasteiger charge is -2.18. The molecule has 1 aromatic carbocycles. The van der Waals surface area contributed by atoms with Gasteiger partial charge in [0.15, 0.2) is 0 Å². The Hall–Kier alpha value is -3.02. The number of halogens is 4. The first kappa shape index (κ1) is 25.6. The average molecular weight is 495 g/mol. The lowest BCUT2D eigenvalue weighted by Crippen LogP contribution is -2.32. The van der Waals surface area contributed by atoms with Crippen molar-refractivity contribution in [3.63, 3.8) is 0 Å². The van der Waals surface area contributed by atoms with Crippen LogP contribution in [0.25, 0.3) is 11.1 Å². The zero-order chi connectivity index (χ0) is 24.7. The van der Waals surface area contributed by atoms with Crippen LogP contribution in [0.2, 0.25) is 0 Å². The van der Waals surface area contributed by atoms with Crippen molar-refractivity contribution < 1.29 is 26.6 Å². The third-order valence-electron chi connectivity index (χ3n) is 5.05. The van der Waals surface area contributed by atoms with Crippen LogP contribution in [0.1, 0.15) is 24.2 Å². The second-order valence-corrected chi connectivity index (χ2v) is 8.80. The van der Waals surface area contributed by atoms with Gasteiger partial charge in [-0.1, -0.05) is 6.07 Å². The Morgan fingerprint density at radius 1 is 1.09 bits per heavy atom. The highest BCUT2D eigenvalue weighted by atomic mass is 32.2. The van der Waals surface area contributed by atoms with Gasteiger partial charge in [0, 0.05) is 31.0 Å². The molecule has 3 heterocycles. The standard InChI is InChI=1S/C12H10F3N3.C11H12FNO2S/c13-12(14,15)11-2-1-9(7-18-11)8-3-4-17-10(5-8)6-16;12-9-3-5-11(6-4-9)16(15)13-7-1-2-10(13)8-14/h1-5,7H,6,16H2;3-6,8,10H,1-2,7H2. The maximum Gasteiger partial charge on any atom is 0.433 e. The fraction of sp³-hybridized carbons (Fsp3) is 0.261. The first-order valence-electron chi connectivity index (χ1n) is 10.3. The molecule has 0 radical (unpaired) electrons. The van der Waals surface area contributed by atoms with E-state index in [9.17, 15) is 26.6 Å². The normalized spacial score (nSPS) is 17.0. The van der Waals surface area contributed by atoms with E-state index < -0.39 is 22.9 Å². The van der Waals surface area contributed by atoms with Crippen molar-refractivity contribution in [1.29, 1.82) is 0 Å². The van der Waals surface area contributed by atoms with Crippen LogP contribution in [-0.2, 0) is 28.5 Å². The van der Waals surface area contributed by atoms with Gasteiger partial charge in [-0.15, -0.1) is 0 Å². The van der Waals surface area contributed by atoms with Crippen LogP contribution in [0.4, 0.5) is 17.6 Å². The summed E-state index contributed by atoms with van der Waals surface area (Å²) in [7, 11) is -1.36. The second-order valence-electron chi connectivity index (χ2n) is 7.36. The number of rotatable bonds is 5. The summed E-state index contributed by atoms with van der Waals surface area (Å²) < 4.78 is 63.5. The van der Waals surface area contributed by atoms with Crippen LogP contribution in [0.5, 0.6) is 0 Å². The average Bonchev–Trinajstić information content (AvgIpc) is 3.33. The van der Waals surface area contributed by atoms with Gasteiger partial charge in [-0.2, -0.15) is 13.2 Å². The number of carbonyl (C=O) groups excluding carboxylic acids is 1. The van der Waals surface area contributed by atoms with Gasteiger partial charge in [-0.05, 0) is 60.9 Å². The van der Waals surface area contributed by atoms with Crippen molar-refractivity contribution in [2.45, 2.75) is 36.5 Å². The van der Waals surface area contributed by atoms with Crippen LogP contribution in [0.15, 0.2) is 65.8 Å². The molecule has 180 valence electrons. The monoisotopic (exact) mass is 494 g/mol. The molecule has 0 bridgehead atoms. The Balaban J connectivity index is 0.000000192. The molecule has 1 saturated heterocycles. The number of nitrogens with zero attached hydrogens (tertiary/aromatic N) is 3. The number of benzene rings is 1. The smallest absolute Gasteiger partial charge is 0.325 e. The predicted octanol–water partition coefficient (Wildman–Crippen LogP) is 4.13. The minimum absolute atomic E-state index is 0.272. The summed E-state index contributed by atoms with van der Waals surface area (Å²) in [6, 6.07) is 11.0. The van der Waals surface area contributed by atoms with Gasteiger partial charge in [0.05, 0.1) is 16.6 Å². The fourth-order valence-corrected chi connectivity index (χ4v) is 4.63. The van der Waals surface area contributed by atoms with Gasteiger partial charge in [0.25, 0.3) is 0 Å². The Morgan fingerprint density at radius 3 is 2.41 bits per heavy atom. The summed E-state index contributed by atoms with van der Waals surface area (Å²) >= 11 is 0. The summed E-state index contributed by atoms with van der Waals surface area (Å²) in [4.78, 5) is 18.7. The largest absolute Gasteiger partial charge is 0.433 e. The minimum atomic E-state index is -4.42. The topological polar surface area (TPSA) is 89.2 Å². The van der Waals surface area contributed by atoms with Crippen LogP contribution >= 0.6 is 0 Å². The fourth-order valence-electron chi connectivity index (χ4n) is 3.30. The lowest BCUT2D eigenvalue weighted by molar-refractivity contribution is -0.141. The summed E-state index contributed by atoms with van der Waals surface area (Å²) in [6.07, 6.45) is 0.786. The molecular formula is C23H22F4N4O2S. The lowest BCUT2D eigenvalue weighted by atomic mass is 10.1. The van der Waals surface area contributed by atoms with E-state index in [-0.39, 0.29) is 18.4 Å². The molecule has 1 aliphatic heterocycles. The number of hydrogen-bond acceptors (Lipinski definition) is 5. The molecule has 6 nitrogen and oxygen atoms in total. The molecule has 3 aromatic rings. The SMILES string of the molecule is NCc1cc(-c2ccc(C(F)(F)F)nc2)ccn1.O=CC1CCCN1S(=O)c1ccc(F)cc1. The molecule has 0 amide bonds. The molecule has 1 aliphatic rings. The third kappa shape index (κ3) is 6.52. The van der Waals surface area contributed by atoms with Crippen LogP contribution in [-0.4, -0.2) is 37.4 Å². The zero-order valence-electron chi connectivity index (χ0n) is 17.9. The number of alkyl halides is 3. The molecule has 2 aromatic heterocycles. The van der Waals surface area contributed by atoms with Gasteiger partial charge in [0.1, 0.15) is 28.8 Å². The van der Waals surface area contributed by atoms with Crippen LogP contribution in [0, 0.1) is 5.82 Å². The van der Waals surface area contributed by atoms with E-state index in [2.05, 4.69) is 9.97 Å². The van der Waals surface area contributed by atoms with E-state index in [1.165, 1.54) is 36.5 Å². The Labute approximate surface area is 196 Å². The molecule has 0 saturated carbocycles. The van der Waals surface area contributed by atoms with E-state index >= 15 is 0 Å². The quantitative estimate of drug-likeness (QED) is 0.426. The highest BCUT2D eigenvalue weighted by Crippen LogP contribution is 2.29. The van der Waals surface area contributed by atoms with Crippen LogP contribution in [0.3, 0.4) is 0 Å². The minimum Gasteiger partial charge on any atom is -0.325 e. The predicted molar refractivity (Wildman–Crippen MR) is 119 cm³/mol. The Morgan fingerprint density at radius 2 is 1.82 bits per heavy atom. The number of nitrogens with two attached hydrogens (primary N) is 1. The van der Waals surface area contributed by atoms with E-state index in [1.54, 1.807) is 22.6 Å². The number of carbonyl (C=O) groups is 1. The summed E-state index contributed by atoms with van der Waals surface area (Å²) in [6.45, 7) is 0.926. The summed E-state index contributed by atoms with van der Waals surface area (Å²) in [5.41, 5.74) is 6.56. The van der Waals surface area contributed by atoms with Gasteiger partial charge in [-0.3, -0.25) is 9.97 Å². The number of pyridine rings is 2. The van der Waals surface area contributed by atoms with Crippen LogP contribution < -0.4 is 5.73 Å². The number of aldehydes is 1. The molecule has 11 heteroatoms. The van der Waals surface area contributed by atoms with Crippen molar-refractivity contribution >= 4 is 17.3 Å². The summed E-state index contributed by atoms with van der Waals surface area (Å²) in [5, 5.41) is 0. The van der Waals surface area contributed by atoms with E-state index in [0.29, 0.717) is 22.7 Å². The molecule has 0 spiro atoms. The number of aromatic nitrogens is 2. The highest BCUT2D eigenvalue weighted by molar-refractivity contribution is 7.82. The maximum absolute atomic E-state index is 12.7. The van der Waals surface area contributed by atoms with Crippen molar-refractivity contribution in [2.75, 3.05) is 6.54 Å². The summed E-state index contributed by atoms with van der Waals surface area (Å²) in [5.74, 6) is -0.353. The molecule has 4 rings (SSSR count). The molecule has 2 unspecified atom stereocenters.